The first kappa shape index (κ1) is 21.5. The molecular formula is C23H33N3O3. The third-order valence-corrected chi connectivity index (χ3v) is 5.93. The first-order valence-electron chi connectivity index (χ1n) is 10.4. The van der Waals surface area contributed by atoms with E-state index in [0.29, 0.717) is 13.1 Å². The van der Waals surface area contributed by atoms with Crippen LogP contribution in [0.1, 0.15) is 36.8 Å². The van der Waals surface area contributed by atoms with Gasteiger partial charge < -0.3 is 19.8 Å². The molecule has 2 amide bonds. The topological polar surface area (TPSA) is 64.1 Å². The average molecular weight is 400 g/mol. The van der Waals surface area contributed by atoms with E-state index in [1.807, 2.05) is 43.0 Å². The van der Waals surface area contributed by atoms with E-state index < -0.39 is 0 Å². The number of benzene rings is 1. The van der Waals surface area contributed by atoms with E-state index in [-0.39, 0.29) is 42.3 Å². The molecule has 3 atom stereocenters. The number of aliphatic hydroxyl groups excluding tert-OH is 1. The van der Waals surface area contributed by atoms with Gasteiger partial charge in [-0.1, -0.05) is 36.4 Å². The summed E-state index contributed by atoms with van der Waals surface area (Å²) in [6, 6.07) is 7.95. The highest BCUT2D eigenvalue weighted by atomic mass is 16.3. The lowest BCUT2D eigenvalue weighted by Crippen LogP contribution is -2.69. The lowest BCUT2D eigenvalue weighted by Gasteiger charge is -2.56. The zero-order valence-electron chi connectivity index (χ0n) is 17.9. The van der Waals surface area contributed by atoms with Gasteiger partial charge in [-0.25, -0.2) is 0 Å². The molecule has 1 aromatic carbocycles. The van der Waals surface area contributed by atoms with Crippen LogP contribution in [0.2, 0.25) is 0 Å². The van der Waals surface area contributed by atoms with Crippen LogP contribution in [0.3, 0.4) is 0 Å². The molecule has 2 fully saturated rings. The van der Waals surface area contributed by atoms with Crippen LogP contribution in [-0.4, -0.2) is 84.5 Å². The maximum Gasteiger partial charge on any atom is 0.236 e. The van der Waals surface area contributed by atoms with Gasteiger partial charge >= 0.3 is 0 Å². The minimum absolute atomic E-state index is 0.0250. The van der Waals surface area contributed by atoms with Crippen LogP contribution in [0, 0.1) is 5.92 Å². The summed E-state index contributed by atoms with van der Waals surface area (Å²) in [5, 5.41) is 10.1. The van der Waals surface area contributed by atoms with Gasteiger partial charge in [0, 0.05) is 25.4 Å². The van der Waals surface area contributed by atoms with Crippen LogP contribution in [0.25, 0.3) is 6.08 Å². The number of rotatable bonds is 8. The van der Waals surface area contributed by atoms with Crippen molar-refractivity contribution in [3.63, 3.8) is 0 Å². The fraction of sp³-hybridized carbons (Fsp3) is 0.565. The highest BCUT2D eigenvalue weighted by molar-refractivity contribution is 5.83. The fourth-order valence-corrected chi connectivity index (χ4v) is 4.26. The van der Waals surface area contributed by atoms with Crippen molar-refractivity contribution in [1.29, 1.82) is 0 Å². The highest BCUT2D eigenvalue weighted by Gasteiger charge is 2.53. The number of carbonyl (C=O) groups excluding carboxylic acids is 2. The zero-order chi connectivity index (χ0) is 21.1. The highest BCUT2D eigenvalue weighted by Crippen LogP contribution is 2.44. The van der Waals surface area contributed by atoms with E-state index in [0.717, 1.165) is 24.0 Å². The molecule has 0 unspecified atom stereocenters. The Hall–Kier alpha value is -2.18. The van der Waals surface area contributed by atoms with Gasteiger partial charge in [0.05, 0.1) is 25.2 Å². The van der Waals surface area contributed by atoms with Gasteiger partial charge in [-0.05, 0) is 45.0 Å². The monoisotopic (exact) mass is 399 g/mol. The quantitative estimate of drug-likeness (QED) is 0.724. The molecule has 6 heteroatoms. The molecule has 2 aliphatic rings. The summed E-state index contributed by atoms with van der Waals surface area (Å²) in [5.74, 6) is 0.275. The summed E-state index contributed by atoms with van der Waals surface area (Å²) < 4.78 is 0. The van der Waals surface area contributed by atoms with Gasteiger partial charge in [0.2, 0.25) is 11.8 Å². The van der Waals surface area contributed by atoms with Gasteiger partial charge in [0.1, 0.15) is 0 Å². The molecule has 6 nitrogen and oxygen atoms in total. The Morgan fingerprint density at radius 2 is 1.79 bits per heavy atom. The van der Waals surface area contributed by atoms with Crippen LogP contribution in [0.5, 0.6) is 0 Å². The van der Waals surface area contributed by atoms with Crippen molar-refractivity contribution in [3.05, 3.63) is 41.5 Å². The Labute approximate surface area is 173 Å². The third-order valence-electron chi connectivity index (χ3n) is 5.93. The molecule has 1 aliphatic heterocycles. The van der Waals surface area contributed by atoms with Crippen LogP contribution in [0.4, 0.5) is 0 Å². The van der Waals surface area contributed by atoms with E-state index >= 15 is 0 Å². The van der Waals surface area contributed by atoms with Gasteiger partial charge in [0.15, 0.2) is 0 Å². The minimum atomic E-state index is -0.224. The number of hydrogen-bond donors (Lipinski definition) is 1. The van der Waals surface area contributed by atoms with Gasteiger partial charge in [-0.2, -0.15) is 0 Å². The van der Waals surface area contributed by atoms with Crippen molar-refractivity contribution in [2.24, 2.45) is 5.92 Å². The normalized spacial score (nSPS) is 24.1. The second kappa shape index (κ2) is 9.09. The van der Waals surface area contributed by atoms with Gasteiger partial charge in [-0.3, -0.25) is 9.59 Å². The Morgan fingerprint density at radius 3 is 2.31 bits per heavy atom. The van der Waals surface area contributed by atoms with Gasteiger partial charge in [-0.15, -0.1) is 0 Å². The molecule has 1 saturated carbocycles. The molecule has 1 heterocycles. The number of likely N-dealkylation sites (tertiary alicyclic amines) is 1. The summed E-state index contributed by atoms with van der Waals surface area (Å²) in [7, 11) is 5.54. The molecule has 1 aliphatic carbocycles. The first-order chi connectivity index (χ1) is 13.9. The van der Waals surface area contributed by atoms with Gasteiger partial charge in [0.25, 0.3) is 0 Å². The standard InChI is InChI=1S/C23H33N3O3/c1-5-6-16-7-9-17(10-8-16)22-19(13-25(4)21(28)14-24(2)3)26(20(22)15-27)23(29)18-11-12-18/h5-10,18-20,22,27H,11-15H2,1-4H3/b6-5+/t19-,20+,22-/m0/s1. The largest absolute Gasteiger partial charge is 0.394 e. The predicted octanol–water partition coefficient (Wildman–Crippen LogP) is 1.80. The fourth-order valence-electron chi connectivity index (χ4n) is 4.26. The van der Waals surface area contributed by atoms with Crippen molar-refractivity contribution in [1.82, 2.24) is 14.7 Å². The lowest BCUT2D eigenvalue weighted by molar-refractivity contribution is -0.155. The van der Waals surface area contributed by atoms with E-state index in [1.54, 1.807) is 11.9 Å². The van der Waals surface area contributed by atoms with E-state index in [1.165, 1.54) is 0 Å². The summed E-state index contributed by atoms with van der Waals surface area (Å²) >= 11 is 0. The number of likely N-dealkylation sites (N-methyl/N-ethyl adjacent to an activating group) is 2. The summed E-state index contributed by atoms with van der Waals surface area (Å²) in [4.78, 5) is 30.8. The summed E-state index contributed by atoms with van der Waals surface area (Å²) in [6.45, 7) is 2.74. The average Bonchev–Trinajstić information content (AvgIpc) is 3.51. The molecule has 1 N–H and O–H groups in total. The van der Waals surface area contributed by atoms with E-state index in [9.17, 15) is 14.7 Å². The van der Waals surface area contributed by atoms with Crippen molar-refractivity contribution in [2.45, 2.75) is 37.8 Å². The Kier molecular flexibility index (Phi) is 6.75. The molecule has 0 aromatic heterocycles. The number of carbonyl (C=O) groups is 2. The predicted molar refractivity (Wildman–Crippen MR) is 114 cm³/mol. The van der Waals surface area contributed by atoms with Crippen molar-refractivity contribution < 1.29 is 14.7 Å². The number of nitrogens with zero attached hydrogens (tertiary/aromatic N) is 3. The SMILES string of the molecule is C/C=C/c1ccc([C@@H]2[C@@H](CO)N(C(=O)C3CC3)[C@H]2CN(C)C(=O)CN(C)C)cc1. The van der Waals surface area contributed by atoms with Crippen LogP contribution < -0.4 is 0 Å². The number of amides is 2. The third kappa shape index (κ3) is 4.70. The molecule has 1 saturated heterocycles. The van der Waals surface area contributed by atoms with E-state index in [4.69, 9.17) is 0 Å². The number of hydrogen-bond acceptors (Lipinski definition) is 4. The molecule has 0 radical (unpaired) electrons. The van der Waals surface area contributed by atoms with Crippen molar-refractivity contribution >= 4 is 17.9 Å². The number of allylic oxidation sites excluding steroid dienone is 1. The smallest absolute Gasteiger partial charge is 0.236 e. The maximum atomic E-state index is 12.9. The van der Waals surface area contributed by atoms with Crippen LogP contribution >= 0.6 is 0 Å². The second-order valence-corrected chi connectivity index (χ2v) is 8.54. The second-order valence-electron chi connectivity index (χ2n) is 8.54. The zero-order valence-corrected chi connectivity index (χ0v) is 17.9. The molecule has 0 bridgehead atoms. The molecule has 158 valence electrons. The van der Waals surface area contributed by atoms with Crippen LogP contribution in [0.15, 0.2) is 30.3 Å². The maximum absolute atomic E-state index is 12.9. The minimum Gasteiger partial charge on any atom is -0.394 e. The van der Waals surface area contributed by atoms with Crippen LogP contribution in [-0.2, 0) is 9.59 Å². The summed E-state index contributed by atoms with van der Waals surface area (Å²) in [6.07, 6.45) is 5.90. The molecule has 0 spiro atoms. The Bertz CT molecular complexity index is 755. The molecular weight excluding hydrogens is 366 g/mol. The molecule has 29 heavy (non-hydrogen) atoms. The first-order valence-corrected chi connectivity index (χ1v) is 10.4. The summed E-state index contributed by atoms with van der Waals surface area (Å²) in [5.41, 5.74) is 2.23. The van der Waals surface area contributed by atoms with Crippen molar-refractivity contribution in [3.8, 4) is 0 Å². The lowest BCUT2D eigenvalue weighted by atomic mass is 9.74. The van der Waals surface area contributed by atoms with E-state index in [2.05, 4.69) is 24.3 Å². The Balaban J connectivity index is 1.83. The van der Waals surface area contributed by atoms with Crippen molar-refractivity contribution in [2.75, 3.05) is 40.8 Å². The number of aliphatic hydroxyl groups is 1. The molecule has 1 aromatic rings. The Morgan fingerprint density at radius 1 is 1.14 bits per heavy atom. The molecule has 3 rings (SSSR count).